The van der Waals surface area contributed by atoms with Crippen molar-refractivity contribution in [3.8, 4) is 5.40 Å². The molecule has 1 aromatic heterocycles. The van der Waals surface area contributed by atoms with E-state index >= 15 is 0 Å². The molecule has 1 heterocycles. The van der Waals surface area contributed by atoms with E-state index in [9.17, 15) is 0 Å². The molecule has 0 aliphatic rings. The van der Waals surface area contributed by atoms with Crippen molar-refractivity contribution in [2.24, 2.45) is 5.10 Å². The van der Waals surface area contributed by atoms with Crippen molar-refractivity contribution in [2.75, 3.05) is 5.43 Å². The number of thioether (sulfide) groups is 1. The van der Waals surface area contributed by atoms with Crippen molar-refractivity contribution in [1.82, 2.24) is 4.98 Å². The maximum atomic E-state index is 8.93. The molecule has 106 valence electrons. The molecule has 0 radical (unpaired) electrons. The number of nitrogens with zero attached hydrogens (tertiary/aromatic N) is 3. The summed E-state index contributed by atoms with van der Waals surface area (Å²) in [6.45, 7) is 0. The van der Waals surface area contributed by atoms with Gasteiger partial charge in [0.15, 0.2) is 0 Å². The fourth-order valence-corrected chi connectivity index (χ4v) is 2.48. The SMILES string of the molecule is N#CSc1nc2ccccc2cc1/C=N\Nc1ccccc1. The van der Waals surface area contributed by atoms with Crippen molar-refractivity contribution < 1.29 is 0 Å². The number of pyridine rings is 1. The lowest BCUT2D eigenvalue weighted by Gasteiger charge is -2.04. The Labute approximate surface area is 132 Å². The van der Waals surface area contributed by atoms with Crippen LogP contribution in [0.5, 0.6) is 0 Å². The Morgan fingerprint density at radius 1 is 1.09 bits per heavy atom. The molecular formula is C17H12N4S. The topological polar surface area (TPSA) is 61.1 Å². The first-order valence-corrected chi connectivity index (χ1v) is 7.48. The van der Waals surface area contributed by atoms with Gasteiger partial charge in [-0.15, -0.1) is 0 Å². The van der Waals surface area contributed by atoms with Gasteiger partial charge in [0.1, 0.15) is 10.4 Å². The van der Waals surface area contributed by atoms with E-state index in [1.54, 1.807) is 6.21 Å². The summed E-state index contributed by atoms with van der Waals surface area (Å²) in [7, 11) is 0. The first kappa shape index (κ1) is 14.1. The second-order valence-corrected chi connectivity index (χ2v) is 5.28. The summed E-state index contributed by atoms with van der Waals surface area (Å²) in [5, 5.41) is 16.9. The lowest BCUT2D eigenvalue weighted by molar-refractivity contribution is 1.18. The van der Waals surface area contributed by atoms with Crippen molar-refractivity contribution in [3.05, 3.63) is 66.2 Å². The Hall–Kier alpha value is -2.84. The van der Waals surface area contributed by atoms with Crippen LogP contribution in [0, 0.1) is 10.7 Å². The highest BCUT2D eigenvalue weighted by Crippen LogP contribution is 2.23. The highest BCUT2D eigenvalue weighted by atomic mass is 32.2. The van der Waals surface area contributed by atoms with Gasteiger partial charge in [-0.25, -0.2) is 4.98 Å². The molecule has 0 atom stereocenters. The summed E-state index contributed by atoms with van der Waals surface area (Å²) in [5.41, 5.74) is 5.55. The zero-order chi connectivity index (χ0) is 15.2. The van der Waals surface area contributed by atoms with Gasteiger partial charge >= 0.3 is 0 Å². The zero-order valence-electron chi connectivity index (χ0n) is 11.6. The minimum Gasteiger partial charge on any atom is -0.279 e. The molecule has 3 rings (SSSR count). The molecule has 0 saturated heterocycles. The summed E-state index contributed by atoms with van der Waals surface area (Å²) in [4.78, 5) is 4.51. The fourth-order valence-electron chi connectivity index (χ4n) is 2.02. The first-order valence-electron chi connectivity index (χ1n) is 6.66. The van der Waals surface area contributed by atoms with E-state index in [-0.39, 0.29) is 0 Å². The van der Waals surface area contributed by atoms with Crippen LogP contribution in [-0.4, -0.2) is 11.2 Å². The van der Waals surface area contributed by atoms with Gasteiger partial charge in [-0.3, -0.25) is 5.43 Å². The highest BCUT2D eigenvalue weighted by molar-refractivity contribution is 8.03. The van der Waals surface area contributed by atoms with E-state index < -0.39 is 0 Å². The fraction of sp³-hybridized carbons (Fsp3) is 0. The summed E-state index contributed by atoms with van der Waals surface area (Å²) < 4.78 is 0. The van der Waals surface area contributed by atoms with Crippen LogP contribution in [-0.2, 0) is 0 Å². The van der Waals surface area contributed by atoms with Crippen molar-refractivity contribution in [3.63, 3.8) is 0 Å². The molecule has 4 nitrogen and oxygen atoms in total. The largest absolute Gasteiger partial charge is 0.279 e. The Morgan fingerprint density at radius 2 is 1.86 bits per heavy atom. The molecule has 0 aliphatic carbocycles. The number of benzene rings is 2. The average molecular weight is 304 g/mol. The Morgan fingerprint density at radius 3 is 2.68 bits per heavy atom. The molecule has 0 unspecified atom stereocenters. The Bertz CT molecular complexity index is 853. The lowest BCUT2D eigenvalue weighted by Crippen LogP contribution is -1.94. The van der Waals surface area contributed by atoms with Crippen LogP contribution in [0.3, 0.4) is 0 Å². The maximum absolute atomic E-state index is 8.93. The van der Waals surface area contributed by atoms with Crippen LogP contribution in [0.25, 0.3) is 10.9 Å². The number of nitrogens with one attached hydrogen (secondary N) is 1. The smallest absolute Gasteiger partial charge is 0.140 e. The van der Waals surface area contributed by atoms with Crippen LogP contribution in [0.15, 0.2) is 70.8 Å². The van der Waals surface area contributed by atoms with E-state index in [0.717, 1.165) is 33.9 Å². The Balaban J connectivity index is 1.91. The molecule has 0 spiro atoms. The predicted molar refractivity (Wildman–Crippen MR) is 90.9 cm³/mol. The summed E-state index contributed by atoms with van der Waals surface area (Å²) in [6.07, 6.45) is 1.69. The second kappa shape index (κ2) is 6.74. The molecule has 0 saturated carbocycles. The van der Waals surface area contributed by atoms with Crippen molar-refractivity contribution >= 4 is 34.6 Å². The summed E-state index contributed by atoms with van der Waals surface area (Å²) in [5.74, 6) is 0. The highest BCUT2D eigenvalue weighted by Gasteiger charge is 2.05. The molecule has 0 bridgehead atoms. The number of hydrazone groups is 1. The molecule has 0 fully saturated rings. The van der Waals surface area contributed by atoms with Crippen LogP contribution in [0.2, 0.25) is 0 Å². The molecule has 22 heavy (non-hydrogen) atoms. The van der Waals surface area contributed by atoms with Crippen molar-refractivity contribution in [1.29, 1.82) is 5.26 Å². The predicted octanol–water partition coefficient (Wildman–Crippen LogP) is 4.25. The monoisotopic (exact) mass is 304 g/mol. The minimum atomic E-state index is 0.653. The molecule has 0 amide bonds. The number of nitriles is 1. The van der Waals surface area contributed by atoms with Crippen LogP contribution < -0.4 is 5.43 Å². The van der Waals surface area contributed by atoms with Gasteiger partial charge in [0.2, 0.25) is 0 Å². The summed E-state index contributed by atoms with van der Waals surface area (Å²) in [6, 6.07) is 19.5. The van der Waals surface area contributed by atoms with Gasteiger partial charge in [-0.1, -0.05) is 36.4 Å². The number of anilines is 1. The molecule has 5 heteroatoms. The van der Waals surface area contributed by atoms with Crippen LogP contribution in [0.1, 0.15) is 5.56 Å². The average Bonchev–Trinajstić information content (AvgIpc) is 2.56. The van der Waals surface area contributed by atoms with E-state index in [0.29, 0.717) is 5.03 Å². The maximum Gasteiger partial charge on any atom is 0.140 e. The van der Waals surface area contributed by atoms with Gasteiger partial charge < -0.3 is 0 Å². The third kappa shape index (κ3) is 3.25. The molecule has 0 aliphatic heterocycles. The number of hydrogen-bond donors (Lipinski definition) is 1. The van der Waals surface area contributed by atoms with E-state index in [4.69, 9.17) is 5.26 Å². The molecule has 3 aromatic rings. The van der Waals surface area contributed by atoms with E-state index in [1.165, 1.54) is 0 Å². The number of para-hydroxylation sites is 2. The lowest BCUT2D eigenvalue weighted by atomic mass is 10.2. The number of fused-ring (bicyclic) bond motifs is 1. The number of hydrogen-bond acceptors (Lipinski definition) is 5. The third-order valence-electron chi connectivity index (χ3n) is 3.03. The normalized spacial score (nSPS) is 10.7. The van der Waals surface area contributed by atoms with Gasteiger partial charge in [-0.2, -0.15) is 10.4 Å². The minimum absolute atomic E-state index is 0.653. The van der Waals surface area contributed by atoms with Crippen LogP contribution >= 0.6 is 11.8 Å². The molecular weight excluding hydrogens is 292 g/mol. The van der Waals surface area contributed by atoms with E-state index in [2.05, 4.69) is 20.9 Å². The van der Waals surface area contributed by atoms with Gasteiger partial charge in [0, 0.05) is 22.7 Å². The van der Waals surface area contributed by atoms with E-state index in [1.807, 2.05) is 60.7 Å². The quantitative estimate of drug-likeness (QED) is 0.339. The Kier molecular flexibility index (Phi) is 4.33. The number of aromatic nitrogens is 1. The second-order valence-electron chi connectivity index (χ2n) is 4.50. The van der Waals surface area contributed by atoms with Crippen molar-refractivity contribution in [2.45, 2.75) is 5.03 Å². The van der Waals surface area contributed by atoms with Crippen LogP contribution in [0.4, 0.5) is 5.69 Å². The third-order valence-corrected chi connectivity index (χ3v) is 3.64. The molecule has 1 N–H and O–H groups in total. The molecule has 2 aromatic carbocycles. The zero-order valence-corrected chi connectivity index (χ0v) is 12.4. The number of rotatable bonds is 4. The van der Waals surface area contributed by atoms with Gasteiger partial charge in [0.05, 0.1) is 17.4 Å². The summed E-state index contributed by atoms with van der Waals surface area (Å²) >= 11 is 1.04. The van der Waals surface area contributed by atoms with Gasteiger partial charge in [0.25, 0.3) is 0 Å². The first-order chi connectivity index (χ1) is 10.9. The van der Waals surface area contributed by atoms with Gasteiger partial charge in [-0.05, 0) is 24.3 Å². The number of thiocyanates is 1. The standard InChI is InChI=1S/C17H12N4S/c18-12-22-17-14(10-13-6-4-5-9-16(13)20-17)11-19-21-15-7-2-1-3-8-15/h1-11,21H/b19-11-.